The number of aromatic nitrogens is 1. The average Bonchev–Trinajstić information content (AvgIpc) is 2.59. The quantitative estimate of drug-likeness (QED) is 0.474. The second-order valence-electron chi connectivity index (χ2n) is 4.93. The first-order valence-corrected chi connectivity index (χ1v) is 8.33. The van der Waals surface area contributed by atoms with Gasteiger partial charge in [0.05, 0.1) is 31.3 Å². The molecule has 0 radical (unpaired) electrons. The maximum Gasteiger partial charge on any atom is 0.101 e. The van der Waals surface area contributed by atoms with Crippen LogP contribution in [0.1, 0.15) is 5.56 Å². The summed E-state index contributed by atoms with van der Waals surface area (Å²) in [6.45, 7) is 0. The van der Waals surface area contributed by atoms with Crippen LogP contribution in [0, 0.1) is 11.3 Å². The lowest BCUT2D eigenvalue weighted by atomic mass is 9.98. The van der Waals surface area contributed by atoms with Crippen molar-refractivity contribution in [2.75, 3.05) is 0 Å². The van der Waals surface area contributed by atoms with Gasteiger partial charge >= 0.3 is 0 Å². The third kappa shape index (κ3) is 3.09. The Morgan fingerprint density at radius 2 is 1.38 bits per heavy atom. The third-order valence-corrected chi connectivity index (χ3v) is 5.10. The zero-order valence-corrected chi connectivity index (χ0v) is 15.0. The summed E-state index contributed by atoms with van der Waals surface area (Å²) in [6, 6.07) is 14.4. The van der Waals surface area contributed by atoms with Crippen molar-refractivity contribution in [1.82, 2.24) is 4.98 Å². The number of nitriles is 1. The Labute approximate surface area is 159 Å². The minimum Gasteiger partial charge on any atom is -0.254 e. The number of rotatable bonds is 2. The van der Waals surface area contributed by atoms with E-state index in [0.717, 1.165) is 0 Å². The predicted octanol–water partition coefficient (Wildman–Crippen LogP) is 6.90. The van der Waals surface area contributed by atoms with E-state index in [9.17, 15) is 5.26 Å². The Bertz CT molecular complexity index is 977. The highest BCUT2D eigenvalue weighted by atomic mass is 35.5. The van der Waals surface area contributed by atoms with Gasteiger partial charge in [0.25, 0.3) is 0 Å². The summed E-state index contributed by atoms with van der Waals surface area (Å²) in [5, 5.41) is 10.8. The molecule has 24 heavy (non-hydrogen) atoms. The zero-order chi connectivity index (χ0) is 17.3. The predicted molar refractivity (Wildman–Crippen MR) is 99.9 cm³/mol. The molecule has 0 aliphatic carbocycles. The van der Waals surface area contributed by atoms with Crippen LogP contribution in [0.5, 0.6) is 0 Å². The number of halogens is 4. The molecular weight excluding hydrogens is 386 g/mol. The van der Waals surface area contributed by atoms with Crippen LogP contribution in [0.15, 0.2) is 48.7 Å². The second kappa shape index (κ2) is 7.01. The smallest absolute Gasteiger partial charge is 0.101 e. The average molecular weight is 394 g/mol. The minimum absolute atomic E-state index is 0.385. The zero-order valence-electron chi connectivity index (χ0n) is 12.0. The van der Waals surface area contributed by atoms with Gasteiger partial charge in [0.15, 0.2) is 0 Å². The fourth-order valence-corrected chi connectivity index (χ4v) is 3.14. The lowest BCUT2D eigenvalue weighted by Crippen LogP contribution is -1.93. The molecule has 1 heterocycles. The molecule has 0 unspecified atom stereocenters. The minimum atomic E-state index is 0.385. The van der Waals surface area contributed by atoms with Gasteiger partial charge in [-0.05, 0) is 18.2 Å². The summed E-state index contributed by atoms with van der Waals surface area (Å²) >= 11 is 24.9. The Kier molecular flexibility index (Phi) is 4.99. The number of pyridine rings is 1. The molecule has 0 aliphatic rings. The fourth-order valence-electron chi connectivity index (χ4n) is 2.34. The first-order valence-electron chi connectivity index (χ1n) is 6.82. The summed E-state index contributed by atoms with van der Waals surface area (Å²) in [7, 11) is 0. The van der Waals surface area contributed by atoms with Gasteiger partial charge in [0, 0.05) is 22.9 Å². The summed E-state index contributed by atoms with van der Waals surface area (Å²) < 4.78 is 0. The van der Waals surface area contributed by atoms with E-state index in [0.29, 0.717) is 48.0 Å². The van der Waals surface area contributed by atoms with Crippen LogP contribution >= 0.6 is 46.4 Å². The van der Waals surface area contributed by atoms with Crippen molar-refractivity contribution in [1.29, 1.82) is 5.26 Å². The topological polar surface area (TPSA) is 36.7 Å². The highest BCUT2D eigenvalue weighted by Gasteiger charge is 2.17. The van der Waals surface area contributed by atoms with E-state index in [4.69, 9.17) is 46.4 Å². The van der Waals surface area contributed by atoms with Crippen LogP contribution in [-0.4, -0.2) is 4.98 Å². The van der Waals surface area contributed by atoms with Gasteiger partial charge in [-0.2, -0.15) is 5.26 Å². The summed E-state index contributed by atoms with van der Waals surface area (Å²) in [5.41, 5.74) is 2.96. The van der Waals surface area contributed by atoms with Crippen molar-refractivity contribution in [2.45, 2.75) is 0 Å². The van der Waals surface area contributed by atoms with Gasteiger partial charge in [0.2, 0.25) is 0 Å². The van der Waals surface area contributed by atoms with Gasteiger partial charge in [-0.1, -0.05) is 70.7 Å². The van der Waals surface area contributed by atoms with Gasteiger partial charge in [-0.3, -0.25) is 4.98 Å². The van der Waals surface area contributed by atoms with Crippen LogP contribution < -0.4 is 0 Å². The lowest BCUT2D eigenvalue weighted by molar-refractivity contribution is 1.30. The van der Waals surface area contributed by atoms with E-state index in [1.54, 1.807) is 30.3 Å². The molecule has 0 amide bonds. The molecule has 3 aromatic rings. The highest BCUT2D eigenvalue weighted by molar-refractivity contribution is 6.44. The molecule has 0 saturated carbocycles. The van der Waals surface area contributed by atoms with Gasteiger partial charge in [-0.15, -0.1) is 0 Å². The van der Waals surface area contributed by atoms with E-state index in [-0.39, 0.29) is 0 Å². The fraction of sp³-hybridized carbons (Fsp3) is 0. The summed E-state index contributed by atoms with van der Waals surface area (Å²) in [4.78, 5) is 4.40. The molecule has 118 valence electrons. The largest absolute Gasteiger partial charge is 0.254 e. The Morgan fingerprint density at radius 1 is 0.792 bits per heavy atom. The van der Waals surface area contributed by atoms with Crippen LogP contribution in [0.25, 0.3) is 22.4 Å². The van der Waals surface area contributed by atoms with E-state index >= 15 is 0 Å². The lowest BCUT2D eigenvalue weighted by Gasteiger charge is -2.13. The van der Waals surface area contributed by atoms with Gasteiger partial charge in [0.1, 0.15) is 6.07 Å². The number of benzene rings is 2. The second-order valence-corrected chi connectivity index (χ2v) is 6.51. The van der Waals surface area contributed by atoms with Crippen LogP contribution in [0.2, 0.25) is 20.1 Å². The van der Waals surface area contributed by atoms with Crippen molar-refractivity contribution in [2.24, 2.45) is 0 Å². The van der Waals surface area contributed by atoms with E-state index in [1.807, 2.05) is 12.1 Å². The van der Waals surface area contributed by atoms with Crippen LogP contribution in [0.3, 0.4) is 0 Å². The number of hydrogen-bond acceptors (Lipinski definition) is 2. The molecular formula is C18H8Cl4N2. The maximum atomic E-state index is 9.20. The molecule has 6 heteroatoms. The van der Waals surface area contributed by atoms with Crippen LogP contribution in [-0.2, 0) is 0 Å². The normalized spacial score (nSPS) is 10.5. The maximum absolute atomic E-state index is 9.20. The number of nitrogens with zero attached hydrogens (tertiary/aromatic N) is 2. The van der Waals surface area contributed by atoms with Crippen LogP contribution in [0.4, 0.5) is 0 Å². The molecule has 2 aromatic carbocycles. The molecule has 0 N–H and O–H groups in total. The van der Waals surface area contributed by atoms with E-state index in [1.165, 1.54) is 6.20 Å². The van der Waals surface area contributed by atoms with Crippen molar-refractivity contribution in [3.63, 3.8) is 0 Å². The van der Waals surface area contributed by atoms with Gasteiger partial charge < -0.3 is 0 Å². The van der Waals surface area contributed by atoms with Crippen molar-refractivity contribution >= 4 is 46.4 Å². The Balaban J connectivity index is 2.35. The molecule has 3 rings (SSSR count). The molecule has 2 nitrogen and oxygen atoms in total. The summed E-state index contributed by atoms with van der Waals surface area (Å²) in [6.07, 6.45) is 1.48. The van der Waals surface area contributed by atoms with E-state index in [2.05, 4.69) is 11.1 Å². The van der Waals surface area contributed by atoms with Gasteiger partial charge in [-0.25, -0.2) is 0 Å². The van der Waals surface area contributed by atoms with Crippen molar-refractivity contribution in [3.05, 3.63) is 74.3 Å². The molecule has 0 atom stereocenters. The van der Waals surface area contributed by atoms with Crippen molar-refractivity contribution in [3.8, 4) is 28.5 Å². The Morgan fingerprint density at radius 3 is 2.00 bits per heavy atom. The summed E-state index contributed by atoms with van der Waals surface area (Å²) in [5.74, 6) is 0. The SMILES string of the molecule is N#Cc1cnc(-c2cccc(Cl)c2Cl)c(-c2cccc(Cl)c2Cl)c1. The first kappa shape index (κ1) is 17.1. The highest BCUT2D eigenvalue weighted by Crippen LogP contribution is 2.41. The molecule has 1 aromatic heterocycles. The molecule has 0 fully saturated rings. The monoisotopic (exact) mass is 392 g/mol. The molecule has 0 bridgehead atoms. The molecule has 0 spiro atoms. The third-order valence-electron chi connectivity index (χ3n) is 3.47. The Hall–Kier alpha value is -1.76. The van der Waals surface area contributed by atoms with E-state index < -0.39 is 0 Å². The first-order chi connectivity index (χ1) is 11.5. The molecule has 0 saturated heterocycles. The molecule has 0 aliphatic heterocycles. The van der Waals surface area contributed by atoms with Crippen molar-refractivity contribution < 1.29 is 0 Å². The standard InChI is InChI=1S/C18H8Cl4N2/c19-14-5-1-3-11(16(14)21)13-7-10(8-23)9-24-18(13)12-4-2-6-15(20)17(12)22/h1-7,9H. The number of hydrogen-bond donors (Lipinski definition) is 0.